The predicted octanol–water partition coefficient (Wildman–Crippen LogP) is 1.30. The zero-order valence-corrected chi connectivity index (χ0v) is 10.4. The van der Waals surface area contributed by atoms with E-state index in [1.54, 1.807) is 6.92 Å². The van der Waals surface area contributed by atoms with Crippen molar-refractivity contribution in [2.24, 2.45) is 0 Å². The number of methoxy groups -OCH3 is 1. The van der Waals surface area contributed by atoms with Gasteiger partial charge in [-0.25, -0.2) is 9.59 Å². The molecule has 0 saturated carbocycles. The summed E-state index contributed by atoms with van der Waals surface area (Å²) >= 11 is 0. The normalized spacial score (nSPS) is 12.8. The minimum absolute atomic E-state index is 0.402. The molecule has 0 aliphatic rings. The number of rotatable bonds is 5. The van der Waals surface area contributed by atoms with Gasteiger partial charge in [-0.05, 0) is 27.2 Å². The number of allylic oxidation sites excluding steroid dienone is 1. The molecule has 16 heavy (non-hydrogen) atoms. The van der Waals surface area contributed by atoms with Crippen molar-refractivity contribution in [3.63, 3.8) is 0 Å². The van der Waals surface area contributed by atoms with Crippen LogP contribution in [0.25, 0.3) is 0 Å². The molecule has 0 radical (unpaired) electrons. The van der Waals surface area contributed by atoms with E-state index in [2.05, 4.69) is 10.1 Å². The number of carbonyl (C=O) groups excluding carboxylic acids is 1. The van der Waals surface area contributed by atoms with Crippen LogP contribution < -0.4 is 5.32 Å². The fraction of sp³-hybridized carbons (Fsp3) is 0.636. The summed E-state index contributed by atoms with van der Waals surface area (Å²) in [4.78, 5) is 22.2. The summed E-state index contributed by atoms with van der Waals surface area (Å²) in [6.07, 6.45) is 0.539. The van der Waals surface area contributed by atoms with Crippen molar-refractivity contribution in [3.05, 3.63) is 11.3 Å². The lowest BCUT2D eigenvalue weighted by Gasteiger charge is -2.25. The van der Waals surface area contributed by atoms with Gasteiger partial charge in [-0.2, -0.15) is 0 Å². The van der Waals surface area contributed by atoms with E-state index < -0.39 is 17.5 Å². The molecule has 0 atom stereocenters. The van der Waals surface area contributed by atoms with E-state index in [1.807, 2.05) is 6.92 Å². The molecule has 0 aliphatic heterocycles. The van der Waals surface area contributed by atoms with E-state index in [0.29, 0.717) is 17.7 Å². The van der Waals surface area contributed by atoms with Crippen LogP contribution in [0.3, 0.4) is 0 Å². The average Bonchev–Trinajstić information content (AvgIpc) is 2.23. The zero-order valence-electron chi connectivity index (χ0n) is 10.4. The molecule has 5 heteroatoms. The molecule has 0 aliphatic carbocycles. The maximum Gasteiger partial charge on any atom is 0.335 e. The second-order valence-electron chi connectivity index (χ2n) is 4.00. The van der Waals surface area contributed by atoms with E-state index in [0.717, 1.165) is 0 Å². The zero-order chi connectivity index (χ0) is 12.9. The number of aliphatic carboxylic acids is 1. The molecule has 0 amide bonds. The highest BCUT2D eigenvalue weighted by Gasteiger charge is 2.28. The third-order valence-corrected chi connectivity index (χ3v) is 2.30. The summed E-state index contributed by atoms with van der Waals surface area (Å²) in [5.74, 6) is -1.43. The van der Waals surface area contributed by atoms with Crippen LogP contribution in [0.5, 0.6) is 0 Å². The third kappa shape index (κ3) is 3.56. The molecule has 0 unspecified atom stereocenters. The van der Waals surface area contributed by atoms with Crippen molar-refractivity contribution < 1.29 is 19.4 Å². The van der Waals surface area contributed by atoms with E-state index >= 15 is 0 Å². The van der Waals surface area contributed by atoms with Gasteiger partial charge in [-0.1, -0.05) is 6.92 Å². The van der Waals surface area contributed by atoms with E-state index in [-0.39, 0.29) is 0 Å². The molecule has 0 aromatic carbocycles. The van der Waals surface area contributed by atoms with Crippen LogP contribution in [-0.4, -0.2) is 29.7 Å². The fourth-order valence-electron chi connectivity index (χ4n) is 1.15. The lowest BCUT2D eigenvalue weighted by molar-refractivity contribution is -0.143. The summed E-state index contributed by atoms with van der Waals surface area (Å²) in [5, 5.41) is 11.8. The quantitative estimate of drug-likeness (QED) is 0.549. The van der Waals surface area contributed by atoms with Gasteiger partial charge in [0.25, 0.3) is 0 Å². The Balaban J connectivity index is 5.03. The van der Waals surface area contributed by atoms with Crippen LogP contribution in [-0.2, 0) is 14.3 Å². The van der Waals surface area contributed by atoms with E-state index in [4.69, 9.17) is 5.11 Å². The number of esters is 1. The Morgan fingerprint density at radius 3 is 2.19 bits per heavy atom. The van der Waals surface area contributed by atoms with Gasteiger partial charge < -0.3 is 15.2 Å². The molecule has 0 aromatic rings. The first-order valence-corrected chi connectivity index (χ1v) is 5.05. The summed E-state index contributed by atoms with van der Waals surface area (Å²) in [6, 6.07) is 0. The van der Waals surface area contributed by atoms with Crippen molar-refractivity contribution in [2.45, 2.75) is 39.7 Å². The van der Waals surface area contributed by atoms with Crippen LogP contribution in [0.2, 0.25) is 0 Å². The maximum absolute atomic E-state index is 11.3. The summed E-state index contributed by atoms with van der Waals surface area (Å²) < 4.78 is 4.59. The van der Waals surface area contributed by atoms with Gasteiger partial charge in [-0.3, -0.25) is 0 Å². The number of hydrogen-bond acceptors (Lipinski definition) is 4. The van der Waals surface area contributed by atoms with Crippen LogP contribution >= 0.6 is 0 Å². The van der Waals surface area contributed by atoms with Crippen molar-refractivity contribution in [1.29, 1.82) is 0 Å². The second-order valence-corrected chi connectivity index (χ2v) is 4.00. The molecule has 0 rings (SSSR count). The van der Waals surface area contributed by atoms with Crippen LogP contribution in [0.1, 0.15) is 34.1 Å². The number of nitrogens with one attached hydrogen (secondary N) is 1. The number of carboxylic acid groups (broad SMARTS) is 1. The number of hydrogen-bond donors (Lipinski definition) is 2. The summed E-state index contributed by atoms with van der Waals surface area (Å²) in [7, 11) is 1.29. The first kappa shape index (κ1) is 14.5. The standard InChI is InChI=1S/C11H19NO4/c1-6-8(7(2)9(13)16-5)12-11(3,4)10(14)15/h12H,6H2,1-5H3,(H,14,15)/b8-7+. The van der Waals surface area contributed by atoms with Crippen LogP contribution in [0.4, 0.5) is 0 Å². The molecule has 0 saturated heterocycles. The lowest BCUT2D eigenvalue weighted by Crippen LogP contribution is -2.46. The molecule has 0 spiro atoms. The molecular formula is C11H19NO4. The SMILES string of the molecule is CC/C(NC(C)(C)C(=O)O)=C(/C)C(=O)OC. The summed E-state index contributed by atoms with van der Waals surface area (Å²) in [5.41, 5.74) is -0.126. The molecular weight excluding hydrogens is 210 g/mol. The largest absolute Gasteiger partial charge is 0.480 e. The maximum atomic E-state index is 11.3. The van der Waals surface area contributed by atoms with Gasteiger partial charge in [0.15, 0.2) is 0 Å². The molecule has 2 N–H and O–H groups in total. The smallest absolute Gasteiger partial charge is 0.335 e. The van der Waals surface area contributed by atoms with Crippen LogP contribution in [0, 0.1) is 0 Å². The average molecular weight is 229 g/mol. The molecule has 5 nitrogen and oxygen atoms in total. The predicted molar refractivity (Wildman–Crippen MR) is 59.9 cm³/mol. The van der Waals surface area contributed by atoms with Gasteiger partial charge in [0.2, 0.25) is 0 Å². The Kier molecular flexibility index (Phi) is 5.01. The van der Waals surface area contributed by atoms with Gasteiger partial charge >= 0.3 is 11.9 Å². The third-order valence-electron chi connectivity index (χ3n) is 2.30. The Hall–Kier alpha value is -1.52. The minimum Gasteiger partial charge on any atom is -0.480 e. The topological polar surface area (TPSA) is 75.6 Å². The fourth-order valence-corrected chi connectivity index (χ4v) is 1.15. The number of carbonyl (C=O) groups is 2. The first-order chi connectivity index (χ1) is 7.26. The summed E-state index contributed by atoms with van der Waals surface area (Å²) in [6.45, 7) is 6.52. The number of carboxylic acids is 1. The lowest BCUT2D eigenvalue weighted by atomic mass is 10.0. The van der Waals surface area contributed by atoms with Crippen molar-refractivity contribution in [1.82, 2.24) is 5.32 Å². The minimum atomic E-state index is -1.11. The Morgan fingerprint density at radius 1 is 1.38 bits per heavy atom. The van der Waals surface area contributed by atoms with Crippen LogP contribution in [0.15, 0.2) is 11.3 Å². The van der Waals surface area contributed by atoms with E-state index in [9.17, 15) is 9.59 Å². The van der Waals surface area contributed by atoms with Gasteiger partial charge in [0, 0.05) is 5.70 Å². The van der Waals surface area contributed by atoms with E-state index in [1.165, 1.54) is 21.0 Å². The second kappa shape index (κ2) is 5.53. The van der Waals surface area contributed by atoms with Crippen molar-refractivity contribution >= 4 is 11.9 Å². The Morgan fingerprint density at radius 2 is 1.88 bits per heavy atom. The molecule has 92 valence electrons. The monoisotopic (exact) mass is 229 g/mol. The highest BCUT2D eigenvalue weighted by molar-refractivity contribution is 5.88. The number of ether oxygens (including phenoxy) is 1. The van der Waals surface area contributed by atoms with Gasteiger partial charge in [-0.15, -0.1) is 0 Å². The highest BCUT2D eigenvalue weighted by Crippen LogP contribution is 2.13. The molecule has 0 fully saturated rings. The molecule has 0 heterocycles. The first-order valence-electron chi connectivity index (χ1n) is 5.05. The van der Waals surface area contributed by atoms with Gasteiger partial charge in [0.1, 0.15) is 5.54 Å². The van der Waals surface area contributed by atoms with Crippen molar-refractivity contribution in [2.75, 3.05) is 7.11 Å². The molecule has 0 bridgehead atoms. The Labute approximate surface area is 95.5 Å². The van der Waals surface area contributed by atoms with Gasteiger partial charge in [0.05, 0.1) is 12.7 Å². The van der Waals surface area contributed by atoms with Crippen molar-refractivity contribution in [3.8, 4) is 0 Å². The Bertz CT molecular complexity index is 318. The molecule has 0 aromatic heterocycles. The highest BCUT2D eigenvalue weighted by atomic mass is 16.5.